The zero-order valence-corrected chi connectivity index (χ0v) is 13.1. The Morgan fingerprint density at radius 3 is 2.63 bits per heavy atom. The van der Waals surface area contributed by atoms with Crippen molar-refractivity contribution >= 4 is 0 Å². The van der Waals surface area contributed by atoms with Crippen LogP contribution in [0.4, 0.5) is 0 Å². The first kappa shape index (κ1) is 16.9. The van der Waals surface area contributed by atoms with Gasteiger partial charge < -0.3 is 14.8 Å². The molecule has 1 aliphatic rings. The summed E-state index contributed by atoms with van der Waals surface area (Å²) >= 11 is 0. The molecule has 0 aromatic rings. The average molecular weight is 271 g/mol. The molecule has 0 spiro atoms. The van der Waals surface area contributed by atoms with E-state index in [-0.39, 0.29) is 0 Å². The minimum atomic E-state index is 0.364. The van der Waals surface area contributed by atoms with E-state index in [0.717, 1.165) is 26.2 Å². The van der Waals surface area contributed by atoms with E-state index in [4.69, 9.17) is 9.47 Å². The molecule has 114 valence electrons. The number of rotatable bonds is 11. The Hall–Kier alpha value is -0.120. The molecule has 1 rings (SSSR count). The molecular weight excluding hydrogens is 238 g/mol. The number of hydrogen-bond acceptors (Lipinski definition) is 3. The second kappa shape index (κ2) is 10.6. The highest BCUT2D eigenvalue weighted by atomic mass is 16.5. The molecule has 0 radical (unpaired) electrons. The summed E-state index contributed by atoms with van der Waals surface area (Å²) in [6, 6.07) is 0.490. The van der Waals surface area contributed by atoms with E-state index in [1.165, 1.54) is 38.5 Å². The first-order valence-electron chi connectivity index (χ1n) is 8.28. The largest absolute Gasteiger partial charge is 0.378 e. The zero-order chi connectivity index (χ0) is 13.9. The van der Waals surface area contributed by atoms with Crippen molar-refractivity contribution in [2.75, 3.05) is 19.8 Å². The molecule has 0 saturated carbocycles. The number of nitrogens with one attached hydrogen (secondary N) is 1. The van der Waals surface area contributed by atoms with E-state index in [1.807, 2.05) is 0 Å². The highest BCUT2D eigenvalue weighted by molar-refractivity contribution is 4.79. The van der Waals surface area contributed by atoms with Gasteiger partial charge in [-0.1, -0.05) is 20.3 Å². The molecule has 0 bridgehead atoms. The van der Waals surface area contributed by atoms with Gasteiger partial charge in [-0.25, -0.2) is 0 Å². The molecule has 0 aromatic carbocycles. The summed E-state index contributed by atoms with van der Waals surface area (Å²) in [4.78, 5) is 0. The van der Waals surface area contributed by atoms with E-state index in [0.29, 0.717) is 18.2 Å². The topological polar surface area (TPSA) is 30.5 Å². The maximum absolute atomic E-state index is 5.95. The first-order chi connectivity index (χ1) is 9.31. The second-order valence-electron chi connectivity index (χ2n) is 5.56. The molecule has 3 heteroatoms. The van der Waals surface area contributed by atoms with E-state index in [1.54, 1.807) is 0 Å². The van der Waals surface area contributed by atoms with E-state index in [2.05, 4.69) is 26.1 Å². The summed E-state index contributed by atoms with van der Waals surface area (Å²) in [5.74, 6) is 0. The van der Waals surface area contributed by atoms with Gasteiger partial charge in [0.25, 0.3) is 0 Å². The van der Waals surface area contributed by atoms with Crippen molar-refractivity contribution in [3.05, 3.63) is 0 Å². The smallest absolute Gasteiger partial charge is 0.0727 e. The molecule has 1 fully saturated rings. The lowest BCUT2D eigenvalue weighted by Gasteiger charge is -2.28. The van der Waals surface area contributed by atoms with Crippen molar-refractivity contribution in [3.63, 3.8) is 0 Å². The van der Waals surface area contributed by atoms with Gasteiger partial charge in [-0.2, -0.15) is 0 Å². The molecule has 0 aromatic heterocycles. The lowest BCUT2D eigenvalue weighted by molar-refractivity contribution is 0.0198. The van der Waals surface area contributed by atoms with Crippen molar-refractivity contribution in [2.45, 2.75) is 84.0 Å². The molecule has 0 aliphatic carbocycles. The third-order valence-corrected chi connectivity index (χ3v) is 3.88. The van der Waals surface area contributed by atoms with Gasteiger partial charge in [0.15, 0.2) is 0 Å². The van der Waals surface area contributed by atoms with Crippen LogP contribution in [0.1, 0.15) is 65.7 Å². The lowest BCUT2D eigenvalue weighted by atomic mass is 9.98. The Bertz CT molecular complexity index is 199. The molecular formula is C16H33NO2. The van der Waals surface area contributed by atoms with Crippen LogP contribution in [-0.2, 0) is 9.47 Å². The number of hydrogen-bond donors (Lipinski definition) is 1. The summed E-state index contributed by atoms with van der Waals surface area (Å²) in [7, 11) is 0. The Balaban J connectivity index is 2.41. The van der Waals surface area contributed by atoms with Crippen LogP contribution in [0.15, 0.2) is 0 Å². The fourth-order valence-corrected chi connectivity index (χ4v) is 2.89. The zero-order valence-electron chi connectivity index (χ0n) is 13.1. The Labute approximate surface area is 119 Å². The van der Waals surface area contributed by atoms with Crippen LogP contribution in [0.2, 0.25) is 0 Å². The van der Waals surface area contributed by atoms with Crippen molar-refractivity contribution in [1.82, 2.24) is 5.32 Å². The Kier molecular flexibility index (Phi) is 9.48. The fourth-order valence-electron chi connectivity index (χ4n) is 2.89. The minimum Gasteiger partial charge on any atom is -0.378 e. The van der Waals surface area contributed by atoms with Crippen molar-refractivity contribution in [1.29, 1.82) is 0 Å². The predicted molar refractivity (Wildman–Crippen MR) is 80.6 cm³/mol. The van der Waals surface area contributed by atoms with Crippen LogP contribution in [0.3, 0.4) is 0 Å². The average Bonchev–Trinajstić information content (AvgIpc) is 2.92. The first-order valence-corrected chi connectivity index (χ1v) is 8.28. The molecule has 0 amide bonds. The van der Waals surface area contributed by atoms with Crippen LogP contribution < -0.4 is 5.32 Å². The van der Waals surface area contributed by atoms with E-state index >= 15 is 0 Å². The third-order valence-electron chi connectivity index (χ3n) is 3.88. The van der Waals surface area contributed by atoms with Crippen LogP contribution >= 0.6 is 0 Å². The molecule has 3 atom stereocenters. The Morgan fingerprint density at radius 1 is 1.21 bits per heavy atom. The van der Waals surface area contributed by atoms with Gasteiger partial charge in [0.2, 0.25) is 0 Å². The van der Waals surface area contributed by atoms with Gasteiger partial charge in [0.05, 0.1) is 12.2 Å². The van der Waals surface area contributed by atoms with Crippen LogP contribution in [0.5, 0.6) is 0 Å². The number of ether oxygens (including phenoxy) is 2. The maximum Gasteiger partial charge on any atom is 0.0727 e. The SMILES string of the molecule is CCCNC(CCC1CCCO1)C(CCC)OCC. The second-order valence-corrected chi connectivity index (χ2v) is 5.56. The lowest BCUT2D eigenvalue weighted by Crippen LogP contribution is -2.42. The van der Waals surface area contributed by atoms with Crippen LogP contribution in [-0.4, -0.2) is 38.0 Å². The predicted octanol–water partition coefficient (Wildman–Crippen LogP) is 3.52. The van der Waals surface area contributed by atoms with Gasteiger partial charge in [-0.3, -0.25) is 0 Å². The minimum absolute atomic E-state index is 0.364. The molecule has 1 heterocycles. The third kappa shape index (κ3) is 6.73. The Morgan fingerprint density at radius 2 is 2.05 bits per heavy atom. The molecule has 3 unspecified atom stereocenters. The van der Waals surface area contributed by atoms with Crippen LogP contribution in [0.25, 0.3) is 0 Å². The summed E-state index contributed by atoms with van der Waals surface area (Å²) < 4.78 is 11.7. The summed E-state index contributed by atoms with van der Waals surface area (Å²) in [5, 5.41) is 3.68. The standard InChI is InChI=1S/C16H33NO2/c1-4-8-16(18-6-3)15(17-12-5-2)11-10-14-9-7-13-19-14/h14-17H,4-13H2,1-3H3. The van der Waals surface area contributed by atoms with Gasteiger partial charge in [-0.15, -0.1) is 0 Å². The van der Waals surface area contributed by atoms with Gasteiger partial charge in [-0.05, 0) is 52.0 Å². The molecule has 3 nitrogen and oxygen atoms in total. The molecule has 19 heavy (non-hydrogen) atoms. The highest BCUT2D eigenvalue weighted by Crippen LogP contribution is 2.20. The van der Waals surface area contributed by atoms with E-state index < -0.39 is 0 Å². The van der Waals surface area contributed by atoms with Gasteiger partial charge >= 0.3 is 0 Å². The fraction of sp³-hybridized carbons (Fsp3) is 1.00. The normalized spacial score (nSPS) is 22.6. The summed E-state index contributed by atoms with van der Waals surface area (Å²) in [6.07, 6.45) is 9.22. The molecule has 1 aliphatic heterocycles. The monoisotopic (exact) mass is 271 g/mol. The highest BCUT2D eigenvalue weighted by Gasteiger charge is 2.23. The summed E-state index contributed by atoms with van der Waals surface area (Å²) in [5.41, 5.74) is 0. The van der Waals surface area contributed by atoms with Crippen LogP contribution in [0, 0.1) is 0 Å². The van der Waals surface area contributed by atoms with E-state index in [9.17, 15) is 0 Å². The molecule has 1 N–H and O–H groups in total. The van der Waals surface area contributed by atoms with Gasteiger partial charge in [0, 0.05) is 19.3 Å². The van der Waals surface area contributed by atoms with Crippen molar-refractivity contribution in [2.24, 2.45) is 0 Å². The summed E-state index contributed by atoms with van der Waals surface area (Å²) in [6.45, 7) is 9.42. The van der Waals surface area contributed by atoms with Gasteiger partial charge in [0.1, 0.15) is 0 Å². The van der Waals surface area contributed by atoms with Crippen molar-refractivity contribution in [3.8, 4) is 0 Å². The molecule has 1 saturated heterocycles. The quantitative estimate of drug-likeness (QED) is 0.624. The van der Waals surface area contributed by atoms with Crippen molar-refractivity contribution < 1.29 is 9.47 Å². The maximum atomic E-state index is 5.95.